The Morgan fingerprint density at radius 2 is 2.09 bits per heavy atom. The van der Waals surface area contributed by atoms with Gasteiger partial charge in [-0.25, -0.2) is 4.79 Å². The fourth-order valence-corrected chi connectivity index (χ4v) is 1.87. The summed E-state index contributed by atoms with van der Waals surface area (Å²) in [6.45, 7) is 1.70. The topological polar surface area (TPSA) is 108 Å². The molecule has 0 radical (unpaired) electrons. The maximum absolute atomic E-state index is 11.5. The minimum absolute atomic E-state index is 0.0994. The number of imide groups is 1. The third kappa shape index (κ3) is 7.07. The van der Waals surface area contributed by atoms with Gasteiger partial charge in [0.1, 0.15) is 5.75 Å². The molecule has 1 atom stereocenters. The number of carbonyl (C=O) groups excluding carboxylic acids is 3. The lowest BCUT2D eigenvalue weighted by Crippen LogP contribution is -2.42. The lowest BCUT2D eigenvalue weighted by atomic mass is 10.3. The second-order valence-corrected chi connectivity index (χ2v) is 5.31. The molecule has 0 saturated heterocycles. The Hall–Kier alpha value is -2.09. The van der Waals surface area contributed by atoms with Crippen LogP contribution >= 0.6 is 15.9 Å². The molecule has 1 aromatic rings. The highest BCUT2D eigenvalue weighted by molar-refractivity contribution is 9.10. The van der Waals surface area contributed by atoms with Gasteiger partial charge in [-0.15, -0.1) is 0 Å². The van der Waals surface area contributed by atoms with Crippen LogP contribution in [0.3, 0.4) is 0 Å². The van der Waals surface area contributed by atoms with Crippen LogP contribution in [0.15, 0.2) is 28.7 Å². The molecule has 3 N–H and O–H groups in total. The number of nitrogens with one attached hydrogen (secondary N) is 1. The Labute approximate surface area is 136 Å². The molecule has 3 amide bonds. The first-order valence-electron chi connectivity index (χ1n) is 6.56. The fraction of sp³-hybridized carbons (Fsp3) is 0.357. The predicted octanol–water partition coefficient (Wildman–Crippen LogP) is 1.73. The van der Waals surface area contributed by atoms with Gasteiger partial charge >= 0.3 is 12.0 Å². The van der Waals surface area contributed by atoms with Crippen molar-refractivity contribution in [1.29, 1.82) is 0 Å². The number of nitrogens with two attached hydrogens (primary N) is 1. The molecule has 0 fully saturated rings. The van der Waals surface area contributed by atoms with Crippen LogP contribution < -0.4 is 15.8 Å². The molecule has 0 spiro atoms. The summed E-state index contributed by atoms with van der Waals surface area (Å²) in [5, 5.41) is 1.84. The highest BCUT2D eigenvalue weighted by Crippen LogP contribution is 2.17. The number of carbonyl (C=O) groups is 3. The molecule has 7 nitrogen and oxygen atoms in total. The Kier molecular flexibility index (Phi) is 7.38. The number of halogens is 1. The second-order valence-electron chi connectivity index (χ2n) is 4.39. The summed E-state index contributed by atoms with van der Waals surface area (Å²) in [5.41, 5.74) is 4.79. The van der Waals surface area contributed by atoms with Gasteiger partial charge in [0, 0.05) is 10.9 Å². The zero-order valence-corrected chi connectivity index (χ0v) is 13.6. The van der Waals surface area contributed by atoms with E-state index in [4.69, 9.17) is 15.2 Å². The average Bonchev–Trinajstić information content (AvgIpc) is 2.43. The smallest absolute Gasteiger partial charge is 0.318 e. The zero-order valence-electron chi connectivity index (χ0n) is 12.0. The number of hydrogen-bond donors (Lipinski definition) is 2. The molecule has 0 aromatic heterocycles. The minimum atomic E-state index is -1.08. The van der Waals surface area contributed by atoms with Crippen molar-refractivity contribution in [2.45, 2.75) is 25.9 Å². The van der Waals surface area contributed by atoms with Gasteiger partial charge in [0.05, 0.1) is 6.61 Å². The van der Waals surface area contributed by atoms with Crippen LogP contribution in [0.4, 0.5) is 4.79 Å². The van der Waals surface area contributed by atoms with Crippen LogP contribution in [0, 0.1) is 0 Å². The van der Waals surface area contributed by atoms with Crippen LogP contribution in [-0.2, 0) is 14.3 Å². The van der Waals surface area contributed by atoms with Crippen LogP contribution in [0.1, 0.15) is 19.8 Å². The average molecular weight is 373 g/mol. The fourth-order valence-electron chi connectivity index (χ4n) is 1.50. The molecule has 0 unspecified atom stereocenters. The molecule has 1 aromatic carbocycles. The number of esters is 1. The summed E-state index contributed by atoms with van der Waals surface area (Å²) in [5.74, 6) is -0.617. The van der Waals surface area contributed by atoms with E-state index < -0.39 is 24.0 Å². The summed E-state index contributed by atoms with van der Waals surface area (Å²) in [4.78, 5) is 33.3. The van der Waals surface area contributed by atoms with Crippen molar-refractivity contribution < 1.29 is 23.9 Å². The molecule has 22 heavy (non-hydrogen) atoms. The molecular weight excluding hydrogens is 356 g/mol. The number of urea groups is 1. The van der Waals surface area contributed by atoms with Gasteiger partial charge in [0.25, 0.3) is 5.91 Å². The molecule has 0 heterocycles. The number of primary amides is 1. The zero-order chi connectivity index (χ0) is 16.5. The highest BCUT2D eigenvalue weighted by atomic mass is 79.9. The van der Waals surface area contributed by atoms with Gasteiger partial charge in [-0.05, 0) is 31.5 Å². The number of rotatable bonds is 7. The standard InChI is InChI=1S/C14H17BrN2O5/c1-9(13(19)17-14(16)20)22-12(18)6-3-7-21-11-5-2-4-10(15)8-11/h2,4-5,8-9H,3,6-7H2,1H3,(H3,16,17,19,20)/t9-/m1/s1. The lowest BCUT2D eigenvalue weighted by molar-refractivity contribution is -0.154. The van der Waals surface area contributed by atoms with Crippen molar-refractivity contribution in [2.75, 3.05) is 6.61 Å². The van der Waals surface area contributed by atoms with Gasteiger partial charge in [-0.1, -0.05) is 22.0 Å². The SMILES string of the molecule is C[C@@H](OC(=O)CCCOc1cccc(Br)c1)C(=O)NC(N)=O. The van der Waals surface area contributed by atoms with Crippen molar-refractivity contribution in [2.24, 2.45) is 5.73 Å². The van der Waals surface area contributed by atoms with Gasteiger partial charge in [-0.2, -0.15) is 0 Å². The summed E-state index contributed by atoms with van der Waals surface area (Å²) in [6.07, 6.45) is -0.538. The van der Waals surface area contributed by atoms with Crippen molar-refractivity contribution in [1.82, 2.24) is 5.32 Å². The van der Waals surface area contributed by atoms with E-state index in [9.17, 15) is 14.4 Å². The third-order valence-corrected chi connectivity index (χ3v) is 3.01. The minimum Gasteiger partial charge on any atom is -0.494 e. The largest absolute Gasteiger partial charge is 0.494 e. The number of hydrogen-bond acceptors (Lipinski definition) is 5. The second kappa shape index (κ2) is 9.04. The van der Waals surface area contributed by atoms with Crippen LogP contribution in [-0.4, -0.2) is 30.6 Å². The Morgan fingerprint density at radius 3 is 2.73 bits per heavy atom. The number of amides is 3. The van der Waals surface area contributed by atoms with E-state index in [-0.39, 0.29) is 6.42 Å². The summed E-state index contributed by atoms with van der Waals surface area (Å²) < 4.78 is 11.2. The maximum Gasteiger partial charge on any atom is 0.318 e. The molecule has 0 aliphatic rings. The molecule has 1 rings (SSSR count). The Balaban J connectivity index is 2.23. The van der Waals surface area contributed by atoms with Crippen molar-refractivity contribution in [3.05, 3.63) is 28.7 Å². The molecule has 0 aliphatic heterocycles. The van der Waals surface area contributed by atoms with Gasteiger partial charge < -0.3 is 15.2 Å². The van der Waals surface area contributed by atoms with Gasteiger partial charge in [-0.3, -0.25) is 14.9 Å². The van der Waals surface area contributed by atoms with Gasteiger partial charge in [0.15, 0.2) is 6.10 Å². The molecule has 8 heteroatoms. The Morgan fingerprint density at radius 1 is 1.36 bits per heavy atom. The van der Waals surface area contributed by atoms with E-state index in [2.05, 4.69) is 15.9 Å². The first kappa shape index (κ1) is 18.0. The summed E-state index contributed by atoms with van der Waals surface area (Å²) in [6, 6.07) is 6.35. The predicted molar refractivity (Wildman–Crippen MR) is 82.2 cm³/mol. The first-order chi connectivity index (χ1) is 10.4. The summed E-state index contributed by atoms with van der Waals surface area (Å²) in [7, 11) is 0. The van der Waals surface area contributed by atoms with E-state index in [0.29, 0.717) is 18.8 Å². The number of benzene rings is 1. The van der Waals surface area contributed by atoms with E-state index in [1.807, 2.05) is 23.5 Å². The van der Waals surface area contributed by atoms with Crippen molar-refractivity contribution >= 4 is 33.8 Å². The van der Waals surface area contributed by atoms with Gasteiger partial charge in [0.2, 0.25) is 0 Å². The summed E-state index contributed by atoms with van der Waals surface area (Å²) >= 11 is 3.33. The van der Waals surface area contributed by atoms with Crippen LogP contribution in [0.5, 0.6) is 5.75 Å². The van der Waals surface area contributed by atoms with E-state index >= 15 is 0 Å². The van der Waals surface area contributed by atoms with E-state index in [0.717, 1.165) is 4.47 Å². The Bertz CT molecular complexity index is 550. The molecular formula is C14H17BrN2O5. The van der Waals surface area contributed by atoms with E-state index in [1.54, 1.807) is 6.07 Å². The monoisotopic (exact) mass is 372 g/mol. The molecule has 0 aliphatic carbocycles. The van der Waals surface area contributed by atoms with Crippen LogP contribution in [0.2, 0.25) is 0 Å². The normalized spacial score (nSPS) is 11.4. The third-order valence-electron chi connectivity index (χ3n) is 2.51. The lowest BCUT2D eigenvalue weighted by Gasteiger charge is -2.12. The molecule has 120 valence electrons. The maximum atomic E-state index is 11.5. The van der Waals surface area contributed by atoms with Crippen molar-refractivity contribution in [3.63, 3.8) is 0 Å². The van der Waals surface area contributed by atoms with E-state index in [1.165, 1.54) is 6.92 Å². The molecule has 0 saturated carbocycles. The van der Waals surface area contributed by atoms with Crippen LogP contribution in [0.25, 0.3) is 0 Å². The first-order valence-corrected chi connectivity index (χ1v) is 7.36. The van der Waals surface area contributed by atoms with Crippen molar-refractivity contribution in [3.8, 4) is 5.75 Å². The quantitative estimate of drug-likeness (QED) is 0.559. The number of ether oxygens (including phenoxy) is 2. The molecule has 0 bridgehead atoms. The highest BCUT2D eigenvalue weighted by Gasteiger charge is 2.18.